The van der Waals surface area contributed by atoms with Gasteiger partial charge in [0.15, 0.2) is 0 Å². The van der Waals surface area contributed by atoms with Crippen molar-refractivity contribution in [2.24, 2.45) is 0 Å². The molecule has 1 rings (SSSR count). The van der Waals surface area contributed by atoms with Crippen LogP contribution in [0, 0.1) is 0 Å². The smallest absolute Gasteiger partial charge is 0.323 e. The average Bonchev–Trinajstić information content (AvgIpc) is 2.21. The van der Waals surface area contributed by atoms with Crippen molar-refractivity contribution in [1.29, 1.82) is 0 Å². The Hall–Kier alpha value is -1.67. The highest BCUT2D eigenvalue weighted by Crippen LogP contribution is 2.15. The van der Waals surface area contributed by atoms with E-state index in [0.29, 0.717) is 13.1 Å². The van der Waals surface area contributed by atoms with Crippen LogP contribution < -0.4 is 5.32 Å². The Balaban J connectivity index is 2.47. The molecule has 1 aliphatic rings. The zero-order valence-electron chi connectivity index (χ0n) is 10.0. The van der Waals surface area contributed by atoms with E-state index in [2.05, 4.69) is 5.32 Å². The molecule has 0 aromatic heterocycles. The highest BCUT2D eigenvalue weighted by Gasteiger charge is 2.33. The maximum Gasteiger partial charge on any atom is 0.323 e. The summed E-state index contributed by atoms with van der Waals surface area (Å²) in [4.78, 5) is 33.4. The van der Waals surface area contributed by atoms with E-state index in [9.17, 15) is 14.4 Å². The van der Waals surface area contributed by atoms with Crippen LogP contribution in [0.3, 0.4) is 0 Å². The number of aliphatic carboxylic acids is 2. The third-order valence-corrected chi connectivity index (χ3v) is 2.55. The van der Waals surface area contributed by atoms with Crippen LogP contribution in [0.2, 0.25) is 0 Å². The molecule has 8 nitrogen and oxygen atoms in total. The summed E-state index contributed by atoms with van der Waals surface area (Å²) in [6.45, 7) is 1.41. The Bertz CT molecular complexity index is 336. The molecule has 0 bridgehead atoms. The first-order chi connectivity index (χ1) is 8.32. The molecule has 0 spiro atoms. The van der Waals surface area contributed by atoms with Crippen molar-refractivity contribution in [3.8, 4) is 0 Å². The molecule has 0 radical (unpaired) electrons. The normalized spacial score (nSPS) is 16.7. The number of nitrogens with zero attached hydrogens (tertiary/aromatic N) is 1. The summed E-state index contributed by atoms with van der Waals surface area (Å²) in [5.74, 6) is -3.17. The highest BCUT2D eigenvalue weighted by molar-refractivity contribution is 5.85. The lowest BCUT2D eigenvalue weighted by atomic mass is 10.0. The lowest BCUT2D eigenvalue weighted by Gasteiger charge is -2.39. The topological polar surface area (TPSA) is 116 Å². The number of rotatable bonds is 7. The van der Waals surface area contributed by atoms with E-state index in [1.165, 1.54) is 0 Å². The number of carboxylic acid groups (broad SMARTS) is 2. The fourth-order valence-corrected chi connectivity index (χ4v) is 1.47. The molecule has 3 N–H and O–H groups in total. The lowest BCUT2D eigenvalue weighted by molar-refractivity contribution is -0.155. The van der Waals surface area contributed by atoms with Gasteiger partial charge in [0.2, 0.25) is 5.91 Å². The first-order valence-electron chi connectivity index (χ1n) is 5.38. The molecule has 0 unspecified atom stereocenters. The van der Waals surface area contributed by atoms with E-state index in [1.54, 1.807) is 0 Å². The molecule has 8 heteroatoms. The van der Waals surface area contributed by atoms with Crippen molar-refractivity contribution < 1.29 is 29.3 Å². The van der Waals surface area contributed by atoms with Crippen LogP contribution in [0.1, 0.15) is 6.92 Å². The minimum Gasteiger partial charge on any atom is -0.480 e. The van der Waals surface area contributed by atoms with Crippen molar-refractivity contribution in [1.82, 2.24) is 10.2 Å². The maximum absolute atomic E-state index is 11.7. The van der Waals surface area contributed by atoms with Gasteiger partial charge in [-0.1, -0.05) is 0 Å². The Kier molecular flexibility index (Phi) is 4.62. The minimum absolute atomic E-state index is 0.321. The van der Waals surface area contributed by atoms with Crippen LogP contribution in [-0.4, -0.2) is 71.3 Å². The predicted molar refractivity (Wildman–Crippen MR) is 59.1 cm³/mol. The van der Waals surface area contributed by atoms with Gasteiger partial charge < -0.3 is 25.2 Å². The first-order valence-corrected chi connectivity index (χ1v) is 5.38. The Morgan fingerprint density at radius 3 is 2.06 bits per heavy atom. The van der Waals surface area contributed by atoms with E-state index < -0.39 is 36.5 Å². The van der Waals surface area contributed by atoms with Crippen LogP contribution in [0.4, 0.5) is 0 Å². The lowest BCUT2D eigenvalue weighted by Crippen LogP contribution is -2.60. The van der Waals surface area contributed by atoms with Gasteiger partial charge in [-0.15, -0.1) is 0 Å². The zero-order valence-corrected chi connectivity index (χ0v) is 10.0. The highest BCUT2D eigenvalue weighted by atomic mass is 16.5. The third kappa shape index (κ3) is 4.30. The molecule has 102 valence electrons. The van der Waals surface area contributed by atoms with Gasteiger partial charge in [-0.2, -0.15) is 0 Å². The van der Waals surface area contributed by atoms with Gasteiger partial charge in [0.25, 0.3) is 0 Å². The molecule has 18 heavy (non-hydrogen) atoms. The quantitative estimate of drug-likeness (QED) is 0.503. The second-order valence-corrected chi connectivity index (χ2v) is 4.38. The largest absolute Gasteiger partial charge is 0.480 e. The monoisotopic (exact) mass is 260 g/mol. The number of carboxylic acids is 2. The standard InChI is InChI=1S/C10H16N2O6/c1-10(5-11-6-10)18-4-7(13)12(2-8(14)15)3-9(16)17/h11H,2-6H2,1H3,(H,14,15)(H,16,17). The number of nitrogens with one attached hydrogen (secondary N) is 1. The van der Waals surface area contributed by atoms with Crippen molar-refractivity contribution in [2.75, 3.05) is 32.8 Å². The number of amides is 1. The molecule has 0 aromatic rings. The van der Waals surface area contributed by atoms with Crippen LogP contribution in [-0.2, 0) is 19.1 Å². The summed E-state index contributed by atoms with van der Waals surface area (Å²) in [6, 6.07) is 0. The summed E-state index contributed by atoms with van der Waals surface area (Å²) in [5.41, 5.74) is -0.437. The summed E-state index contributed by atoms with van der Waals surface area (Å²) in [6.07, 6.45) is 0. The van der Waals surface area contributed by atoms with Crippen LogP contribution in [0.15, 0.2) is 0 Å². The average molecular weight is 260 g/mol. The summed E-state index contributed by atoms with van der Waals surface area (Å²) >= 11 is 0. The van der Waals surface area contributed by atoms with Crippen LogP contribution in [0.25, 0.3) is 0 Å². The fourth-order valence-electron chi connectivity index (χ4n) is 1.47. The number of carbonyl (C=O) groups is 3. The van der Waals surface area contributed by atoms with Gasteiger partial charge in [0, 0.05) is 13.1 Å². The molecule has 1 heterocycles. The molecule has 1 saturated heterocycles. The molecule has 0 saturated carbocycles. The second kappa shape index (κ2) is 5.78. The van der Waals surface area contributed by atoms with Crippen LogP contribution in [0.5, 0.6) is 0 Å². The molecule has 0 aliphatic carbocycles. The molecule has 1 fully saturated rings. The Morgan fingerprint density at radius 1 is 1.22 bits per heavy atom. The summed E-state index contributed by atoms with van der Waals surface area (Å²) < 4.78 is 5.33. The van der Waals surface area contributed by atoms with Crippen LogP contribution >= 0.6 is 0 Å². The first kappa shape index (κ1) is 14.4. The molecular weight excluding hydrogens is 244 g/mol. The van der Waals surface area contributed by atoms with E-state index in [0.717, 1.165) is 4.90 Å². The molecule has 1 aliphatic heterocycles. The third-order valence-electron chi connectivity index (χ3n) is 2.55. The summed E-state index contributed by atoms with van der Waals surface area (Å²) in [5, 5.41) is 20.2. The Labute approximate surface area is 104 Å². The maximum atomic E-state index is 11.7. The fraction of sp³-hybridized carbons (Fsp3) is 0.700. The van der Waals surface area contributed by atoms with E-state index in [4.69, 9.17) is 14.9 Å². The van der Waals surface area contributed by atoms with Gasteiger partial charge in [-0.3, -0.25) is 14.4 Å². The SMILES string of the molecule is CC1(OCC(=O)N(CC(=O)O)CC(=O)O)CNC1. The number of hydrogen-bond donors (Lipinski definition) is 3. The van der Waals surface area contributed by atoms with Gasteiger partial charge in [-0.05, 0) is 6.92 Å². The van der Waals surface area contributed by atoms with Gasteiger partial charge in [0.05, 0.1) is 5.60 Å². The molecule has 1 amide bonds. The van der Waals surface area contributed by atoms with Crippen molar-refractivity contribution in [3.63, 3.8) is 0 Å². The molecule has 0 aromatic carbocycles. The number of carbonyl (C=O) groups excluding carboxylic acids is 1. The predicted octanol–water partition coefficient (Wildman–Crippen LogP) is -1.64. The van der Waals surface area contributed by atoms with E-state index >= 15 is 0 Å². The van der Waals surface area contributed by atoms with Gasteiger partial charge in [0.1, 0.15) is 19.7 Å². The van der Waals surface area contributed by atoms with Gasteiger partial charge in [-0.25, -0.2) is 0 Å². The molecule has 0 atom stereocenters. The van der Waals surface area contributed by atoms with E-state index in [-0.39, 0.29) is 6.61 Å². The number of hydrogen-bond acceptors (Lipinski definition) is 5. The molecular formula is C10H16N2O6. The van der Waals surface area contributed by atoms with Crippen molar-refractivity contribution in [3.05, 3.63) is 0 Å². The van der Waals surface area contributed by atoms with Gasteiger partial charge >= 0.3 is 11.9 Å². The Morgan fingerprint density at radius 2 is 1.72 bits per heavy atom. The number of ether oxygens (including phenoxy) is 1. The van der Waals surface area contributed by atoms with Crippen molar-refractivity contribution in [2.45, 2.75) is 12.5 Å². The van der Waals surface area contributed by atoms with Crippen molar-refractivity contribution >= 4 is 17.8 Å². The minimum atomic E-state index is -1.26. The summed E-state index contributed by atoms with van der Waals surface area (Å²) in [7, 11) is 0. The second-order valence-electron chi connectivity index (χ2n) is 4.38. The van der Waals surface area contributed by atoms with E-state index in [1.807, 2.05) is 6.92 Å². The zero-order chi connectivity index (χ0) is 13.8.